The number of imidazole rings is 1. The molecular weight excluding hydrogens is 385 g/mol. The highest BCUT2D eigenvalue weighted by Crippen LogP contribution is 2.24. The number of amides is 1. The molecule has 3 rings (SSSR count). The zero-order valence-electron chi connectivity index (χ0n) is 13.8. The van der Waals surface area contributed by atoms with E-state index in [-0.39, 0.29) is 16.8 Å². The summed E-state index contributed by atoms with van der Waals surface area (Å²) in [7, 11) is 0. The molecule has 0 aliphatic carbocycles. The summed E-state index contributed by atoms with van der Waals surface area (Å²) >= 11 is 0. The molecule has 10 heteroatoms. The van der Waals surface area contributed by atoms with Crippen molar-refractivity contribution in [3.05, 3.63) is 77.6 Å². The molecule has 1 amide bonds. The molecule has 0 aliphatic rings. The number of rotatable bonds is 4. The van der Waals surface area contributed by atoms with E-state index in [4.69, 9.17) is 0 Å². The highest BCUT2D eigenvalue weighted by atomic mass is 19.4. The summed E-state index contributed by atoms with van der Waals surface area (Å²) in [6.45, 7) is 0. The maximum absolute atomic E-state index is 13.7. The Balaban J connectivity index is 2.05. The van der Waals surface area contributed by atoms with Gasteiger partial charge in [0.1, 0.15) is 11.6 Å². The number of carbonyl (C=O) groups excluding carboxylic acids is 2. The van der Waals surface area contributed by atoms with Crippen molar-refractivity contribution in [1.29, 1.82) is 0 Å². The summed E-state index contributed by atoms with van der Waals surface area (Å²) in [6.07, 6.45) is -2.85. The first-order valence-electron chi connectivity index (χ1n) is 7.68. The smallest absolute Gasteiger partial charge is 0.289 e. The number of hydrogen-bond donors (Lipinski definition) is 1. The van der Waals surface area contributed by atoms with Crippen LogP contribution in [-0.2, 0) is 4.79 Å². The molecule has 144 valence electrons. The van der Waals surface area contributed by atoms with E-state index in [9.17, 15) is 31.5 Å². The summed E-state index contributed by atoms with van der Waals surface area (Å²) in [4.78, 5) is 27.5. The number of ketones is 1. The second-order valence-corrected chi connectivity index (χ2v) is 5.57. The number of benzene rings is 2. The number of carbonyl (C=O) groups is 2. The van der Waals surface area contributed by atoms with Gasteiger partial charge in [-0.2, -0.15) is 13.2 Å². The van der Waals surface area contributed by atoms with Crippen LogP contribution in [0.4, 0.5) is 27.9 Å². The molecule has 3 aromatic rings. The fourth-order valence-electron chi connectivity index (χ4n) is 2.42. The van der Waals surface area contributed by atoms with Gasteiger partial charge in [0.15, 0.2) is 5.78 Å². The van der Waals surface area contributed by atoms with Gasteiger partial charge in [-0.3, -0.25) is 19.5 Å². The predicted molar refractivity (Wildman–Crippen MR) is 88.0 cm³/mol. The Kier molecular flexibility index (Phi) is 4.95. The van der Waals surface area contributed by atoms with E-state index in [0.717, 1.165) is 41.1 Å². The summed E-state index contributed by atoms with van der Waals surface area (Å²) in [6, 6.07) is 7.48. The molecule has 5 nitrogen and oxygen atoms in total. The van der Waals surface area contributed by atoms with Crippen molar-refractivity contribution in [3.8, 4) is 5.69 Å². The van der Waals surface area contributed by atoms with Gasteiger partial charge in [0.2, 0.25) is 5.95 Å². The van der Waals surface area contributed by atoms with E-state index < -0.39 is 35.4 Å². The maximum atomic E-state index is 13.7. The number of nitrogens with one attached hydrogen (secondary N) is 1. The lowest BCUT2D eigenvalue weighted by Gasteiger charge is -2.14. The van der Waals surface area contributed by atoms with Gasteiger partial charge in [0.05, 0.1) is 5.69 Å². The molecule has 0 radical (unpaired) electrons. The standard InChI is InChI=1S/C18H10F5N3O2/c19-11-3-1-10(2-4-11)15(27)13-9-12(20)5-6-14(13)26-8-7-24-17(26)25-16(28)18(21,22)23/h1-9H,(H,24,25,28). The number of halogens is 5. The third kappa shape index (κ3) is 3.90. The second-order valence-electron chi connectivity index (χ2n) is 5.57. The fourth-order valence-corrected chi connectivity index (χ4v) is 2.42. The lowest BCUT2D eigenvalue weighted by molar-refractivity contribution is -0.167. The van der Waals surface area contributed by atoms with Crippen LogP contribution in [0.2, 0.25) is 0 Å². The molecule has 2 aromatic carbocycles. The van der Waals surface area contributed by atoms with Gasteiger partial charge in [-0.25, -0.2) is 13.8 Å². The van der Waals surface area contributed by atoms with Gasteiger partial charge < -0.3 is 0 Å². The third-order valence-corrected chi connectivity index (χ3v) is 3.69. The highest BCUT2D eigenvalue weighted by molar-refractivity contribution is 6.11. The van der Waals surface area contributed by atoms with Crippen molar-refractivity contribution in [2.75, 3.05) is 5.32 Å². The van der Waals surface area contributed by atoms with Crippen LogP contribution >= 0.6 is 0 Å². The topological polar surface area (TPSA) is 64.0 Å². The number of alkyl halides is 3. The summed E-state index contributed by atoms with van der Waals surface area (Å²) in [5.41, 5.74) is -0.202. The van der Waals surface area contributed by atoms with Gasteiger partial charge in [0.25, 0.3) is 0 Å². The Morgan fingerprint density at radius 2 is 1.61 bits per heavy atom. The van der Waals surface area contributed by atoms with Crippen LogP contribution in [0.15, 0.2) is 54.9 Å². The average molecular weight is 395 g/mol. The lowest BCUT2D eigenvalue weighted by atomic mass is 10.0. The zero-order valence-corrected chi connectivity index (χ0v) is 13.8. The summed E-state index contributed by atoms with van der Waals surface area (Å²) in [5.74, 6) is -4.81. The van der Waals surface area contributed by atoms with Crippen LogP contribution in [0, 0.1) is 11.6 Å². The van der Waals surface area contributed by atoms with Crippen molar-refractivity contribution in [2.45, 2.75) is 6.18 Å². The molecule has 1 heterocycles. The Hall–Kier alpha value is -3.56. The van der Waals surface area contributed by atoms with Crippen LogP contribution < -0.4 is 5.32 Å². The number of anilines is 1. The van der Waals surface area contributed by atoms with Crippen LogP contribution in [0.1, 0.15) is 15.9 Å². The maximum Gasteiger partial charge on any atom is 0.471 e. The molecule has 0 fully saturated rings. The molecule has 0 unspecified atom stereocenters. The van der Waals surface area contributed by atoms with Gasteiger partial charge in [-0.05, 0) is 42.5 Å². The molecule has 0 saturated heterocycles. The molecule has 1 N–H and O–H groups in total. The van der Waals surface area contributed by atoms with E-state index in [2.05, 4.69) is 4.98 Å². The number of nitrogens with zero attached hydrogens (tertiary/aromatic N) is 2. The Bertz CT molecular complexity index is 1040. The molecular formula is C18H10F5N3O2. The highest BCUT2D eigenvalue weighted by Gasteiger charge is 2.39. The van der Waals surface area contributed by atoms with Gasteiger partial charge in [-0.1, -0.05) is 0 Å². The summed E-state index contributed by atoms with van der Waals surface area (Å²) in [5, 5.41) is 1.59. The minimum absolute atomic E-state index is 0.0225. The van der Waals surface area contributed by atoms with E-state index in [1.807, 2.05) is 0 Å². The number of hydrogen-bond acceptors (Lipinski definition) is 3. The molecule has 0 spiro atoms. The quantitative estimate of drug-likeness (QED) is 0.539. The van der Waals surface area contributed by atoms with Crippen LogP contribution in [0.3, 0.4) is 0 Å². The van der Waals surface area contributed by atoms with Gasteiger partial charge in [0, 0.05) is 23.5 Å². The van der Waals surface area contributed by atoms with Gasteiger partial charge in [-0.15, -0.1) is 0 Å². The molecule has 0 saturated carbocycles. The van der Waals surface area contributed by atoms with Crippen molar-refractivity contribution in [2.24, 2.45) is 0 Å². The van der Waals surface area contributed by atoms with E-state index in [0.29, 0.717) is 0 Å². The van der Waals surface area contributed by atoms with E-state index in [1.54, 1.807) is 5.32 Å². The second kappa shape index (κ2) is 7.22. The van der Waals surface area contributed by atoms with Crippen LogP contribution in [0.25, 0.3) is 5.69 Å². The Labute approximate surface area is 154 Å². The van der Waals surface area contributed by atoms with Crippen LogP contribution in [0.5, 0.6) is 0 Å². The predicted octanol–water partition coefficient (Wildman–Crippen LogP) is 3.88. The lowest BCUT2D eigenvalue weighted by Crippen LogP contribution is -2.31. The molecule has 0 aliphatic heterocycles. The Morgan fingerprint density at radius 1 is 0.964 bits per heavy atom. The van der Waals surface area contributed by atoms with Crippen molar-refractivity contribution in [1.82, 2.24) is 9.55 Å². The monoisotopic (exact) mass is 395 g/mol. The SMILES string of the molecule is O=C(c1ccc(F)cc1)c1cc(F)ccc1-n1ccnc1NC(=O)C(F)(F)F. The normalized spacial score (nSPS) is 11.3. The first-order chi connectivity index (χ1) is 13.2. The van der Waals surface area contributed by atoms with E-state index in [1.165, 1.54) is 18.3 Å². The molecule has 0 atom stereocenters. The number of aromatic nitrogens is 2. The van der Waals surface area contributed by atoms with E-state index >= 15 is 0 Å². The fraction of sp³-hybridized carbons (Fsp3) is 0.0556. The Morgan fingerprint density at radius 3 is 2.25 bits per heavy atom. The zero-order chi connectivity index (χ0) is 20.5. The molecule has 28 heavy (non-hydrogen) atoms. The first kappa shape index (κ1) is 19.2. The van der Waals surface area contributed by atoms with Crippen LogP contribution in [-0.4, -0.2) is 27.4 Å². The van der Waals surface area contributed by atoms with Crippen molar-refractivity contribution in [3.63, 3.8) is 0 Å². The minimum atomic E-state index is -5.15. The largest absolute Gasteiger partial charge is 0.471 e. The summed E-state index contributed by atoms with van der Waals surface area (Å²) < 4.78 is 65.3. The van der Waals surface area contributed by atoms with Gasteiger partial charge >= 0.3 is 12.1 Å². The minimum Gasteiger partial charge on any atom is -0.289 e. The first-order valence-corrected chi connectivity index (χ1v) is 7.68. The van der Waals surface area contributed by atoms with Crippen molar-refractivity contribution >= 4 is 17.6 Å². The van der Waals surface area contributed by atoms with Crippen molar-refractivity contribution < 1.29 is 31.5 Å². The molecule has 0 bridgehead atoms. The molecule has 1 aromatic heterocycles. The average Bonchev–Trinajstić information content (AvgIpc) is 3.09. The third-order valence-electron chi connectivity index (χ3n) is 3.69.